The Balaban J connectivity index is 1.61. The second-order valence-corrected chi connectivity index (χ2v) is 10.2. The fourth-order valence-corrected chi connectivity index (χ4v) is 4.82. The number of fused-ring (bicyclic) bond motifs is 1. The van der Waals surface area contributed by atoms with E-state index in [0.717, 1.165) is 17.0 Å². The largest absolute Gasteiger partial charge is 0.481 e. The van der Waals surface area contributed by atoms with Crippen LogP contribution in [0.15, 0.2) is 23.0 Å². The van der Waals surface area contributed by atoms with Gasteiger partial charge in [0.05, 0.1) is 21.8 Å². The number of aryl methyl sites for hydroxylation is 1. The highest BCUT2D eigenvalue weighted by Gasteiger charge is 2.25. The molecule has 0 aliphatic carbocycles. The minimum absolute atomic E-state index is 0.00185. The van der Waals surface area contributed by atoms with Gasteiger partial charge in [0, 0.05) is 32.6 Å². The normalized spacial score (nSPS) is 12.4. The Kier molecular flexibility index (Phi) is 9.67. The van der Waals surface area contributed by atoms with Gasteiger partial charge in [0.1, 0.15) is 17.7 Å². The number of nitrogens with two attached hydrogens (primary N) is 1. The Hall–Kier alpha value is -4.93. The van der Waals surface area contributed by atoms with Crippen molar-refractivity contribution in [2.75, 3.05) is 17.7 Å². The van der Waals surface area contributed by atoms with Crippen molar-refractivity contribution >= 4 is 63.0 Å². The van der Waals surface area contributed by atoms with E-state index in [0.29, 0.717) is 22.6 Å². The molecule has 16 nitrogen and oxygen atoms in total. The summed E-state index contributed by atoms with van der Waals surface area (Å²) >= 11 is 1.10. The molecule has 2 amide bonds. The van der Waals surface area contributed by atoms with E-state index >= 15 is 0 Å². The van der Waals surface area contributed by atoms with E-state index in [1.54, 1.807) is 30.8 Å². The molecule has 3 aromatic heterocycles. The first-order valence-corrected chi connectivity index (χ1v) is 13.0. The summed E-state index contributed by atoms with van der Waals surface area (Å²) in [6.07, 6.45) is -1.55. The fourth-order valence-electron chi connectivity index (χ4n) is 3.95. The maximum Gasteiger partial charge on any atom is 0.326 e. The predicted octanol–water partition coefficient (Wildman–Crippen LogP) is -0.0609. The topological polar surface area (TPSA) is 250 Å². The fraction of sp³-hybridized carbons (Fsp3) is 0.375. The first kappa shape index (κ1) is 30.6. The maximum absolute atomic E-state index is 12.8. The highest BCUT2D eigenvalue weighted by molar-refractivity contribution is 7.18. The molecular weight excluding hydrogens is 562 g/mol. The molecule has 3 heterocycles. The van der Waals surface area contributed by atoms with E-state index in [4.69, 9.17) is 15.9 Å². The second-order valence-electron chi connectivity index (χ2n) is 9.17. The number of aliphatic carboxylic acids is 3. The number of nitrogens with zero attached hydrogens (tertiary/aromatic N) is 3. The van der Waals surface area contributed by atoms with Crippen molar-refractivity contribution in [3.05, 3.63) is 39.1 Å². The molecule has 0 spiro atoms. The van der Waals surface area contributed by atoms with Crippen LogP contribution >= 0.6 is 11.3 Å². The number of H-pyrrole nitrogens is 1. The van der Waals surface area contributed by atoms with Crippen LogP contribution in [-0.2, 0) is 32.8 Å². The second kappa shape index (κ2) is 12.9. The number of amides is 2. The lowest BCUT2D eigenvalue weighted by Crippen LogP contribution is -2.44. The van der Waals surface area contributed by atoms with E-state index < -0.39 is 54.6 Å². The number of carboxylic acid groups (broad SMARTS) is 3. The smallest absolute Gasteiger partial charge is 0.326 e. The monoisotopic (exact) mass is 591 g/mol. The SMILES string of the molecule is CN(Cc1cc2c(=O)[nH]c(N)nc2n1C)c1ccc(C(=O)N[C@@H](CCC(=O)N[C@@H](CCC(=O)O)C(=O)O)C(=O)O)s1. The highest BCUT2D eigenvalue weighted by Crippen LogP contribution is 2.27. The van der Waals surface area contributed by atoms with Crippen LogP contribution < -0.4 is 26.8 Å². The quantitative estimate of drug-likeness (QED) is 0.130. The average molecular weight is 592 g/mol. The van der Waals surface area contributed by atoms with Gasteiger partial charge in [-0.2, -0.15) is 4.98 Å². The Labute approximate surface area is 235 Å². The van der Waals surface area contributed by atoms with Gasteiger partial charge in [-0.15, -0.1) is 11.3 Å². The zero-order valence-electron chi connectivity index (χ0n) is 22.0. The molecule has 17 heteroatoms. The molecule has 3 aromatic rings. The molecule has 0 bridgehead atoms. The van der Waals surface area contributed by atoms with Crippen molar-refractivity contribution in [3.8, 4) is 0 Å². The zero-order chi connectivity index (χ0) is 30.4. The number of carboxylic acids is 3. The molecule has 0 unspecified atom stereocenters. The van der Waals surface area contributed by atoms with Crippen LogP contribution in [0, 0.1) is 0 Å². The molecule has 0 aliphatic heterocycles. The summed E-state index contributed by atoms with van der Waals surface area (Å²) in [5.74, 6) is -5.51. The van der Waals surface area contributed by atoms with Crippen LogP contribution in [0.2, 0.25) is 0 Å². The summed E-state index contributed by atoms with van der Waals surface area (Å²) in [6, 6.07) is 2.01. The van der Waals surface area contributed by atoms with Gasteiger partial charge in [0.25, 0.3) is 11.5 Å². The Morgan fingerprint density at radius 1 is 1.07 bits per heavy atom. The minimum Gasteiger partial charge on any atom is -0.481 e. The van der Waals surface area contributed by atoms with Crippen molar-refractivity contribution in [2.24, 2.45) is 7.05 Å². The average Bonchev–Trinajstić information content (AvgIpc) is 3.50. The number of nitrogens with one attached hydrogen (secondary N) is 3. The Morgan fingerprint density at radius 2 is 1.71 bits per heavy atom. The number of thiophene rings is 1. The van der Waals surface area contributed by atoms with Crippen LogP contribution in [0.4, 0.5) is 10.9 Å². The van der Waals surface area contributed by atoms with Crippen LogP contribution in [0.3, 0.4) is 0 Å². The molecule has 0 fully saturated rings. The number of anilines is 2. The molecule has 0 aliphatic rings. The first-order valence-electron chi connectivity index (χ1n) is 12.2. The van der Waals surface area contributed by atoms with Gasteiger partial charge >= 0.3 is 17.9 Å². The van der Waals surface area contributed by atoms with E-state index in [-0.39, 0.29) is 29.2 Å². The Bertz CT molecular complexity index is 1540. The molecular formula is C24H29N7O9S. The van der Waals surface area contributed by atoms with E-state index in [9.17, 15) is 33.9 Å². The molecule has 0 saturated heterocycles. The third kappa shape index (κ3) is 7.81. The molecule has 8 N–H and O–H groups in total. The lowest BCUT2D eigenvalue weighted by molar-refractivity contribution is -0.143. The molecule has 220 valence electrons. The molecule has 3 rings (SSSR count). The van der Waals surface area contributed by atoms with Gasteiger partial charge in [0.15, 0.2) is 0 Å². The number of aromatic nitrogens is 3. The lowest BCUT2D eigenvalue weighted by Gasteiger charge is -2.17. The number of rotatable bonds is 14. The van der Waals surface area contributed by atoms with Crippen LogP contribution in [0.1, 0.15) is 41.0 Å². The molecule has 0 aromatic carbocycles. The number of hydrogen-bond donors (Lipinski definition) is 7. The molecule has 0 radical (unpaired) electrons. The summed E-state index contributed by atoms with van der Waals surface area (Å²) in [6.45, 7) is 0.352. The third-order valence-electron chi connectivity index (χ3n) is 6.15. The number of carbonyl (C=O) groups is 5. The molecule has 2 atom stereocenters. The van der Waals surface area contributed by atoms with Crippen molar-refractivity contribution in [3.63, 3.8) is 0 Å². The van der Waals surface area contributed by atoms with Crippen LogP contribution in [0.5, 0.6) is 0 Å². The summed E-state index contributed by atoms with van der Waals surface area (Å²) in [7, 11) is 3.52. The lowest BCUT2D eigenvalue weighted by atomic mass is 10.1. The van der Waals surface area contributed by atoms with Crippen molar-refractivity contribution in [1.82, 2.24) is 25.2 Å². The van der Waals surface area contributed by atoms with E-state index in [1.807, 2.05) is 4.90 Å². The third-order valence-corrected chi connectivity index (χ3v) is 7.35. The molecule has 41 heavy (non-hydrogen) atoms. The van der Waals surface area contributed by atoms with Crippen LogP contribution in [-0.4, -0.2) is 78.7 Å². The standard InChI is InChI=1S/C24H29N7O9S/c1-30(10-11-9-12-19(31(11)2)28-24(25)29-20(12)35)17-7-5-15(41-17)21(36)27-14(23(39)40)3-6-16(32)26-13(22(37)38)4-8-18(33)34/h5,7,9,13-14H,3-4,6,8,10H2,1-2H3,(H,26,32)(H,27,36)(H,33,34)(H,37,38)(H,39,40)(H3,25,28,29,35)/t13-,14-/m0/s1. The number of aromatic amines is 1. The number of nitrogen functional groups attached to an aromatic ring is 1. The maximum atomic E-state index is 12.8. The van der Waals surface area contributed by atoms with Gasteiger partial charge in [-0.25, -0.2) is 9.59 Å². The highest BCUT2D eigenvalue weighted by atomic mass is 32.1. The van der Waals surface area contributed by atoms with Gasteiger partial charge in [-0.05, 0) is 31.0 Å². The van der Waals surface area contributed by atoms with Crippen molar-refractivity contribution in [2.45, 2.75) is 44.3 Å². The van der Waals surface area contributed by atoms with E-state index in [1.165, 1.54) is 6.07 Å². The van der Waals surface area contributed by atoms with Crippen molar-refractivity contribution < 1.29 is 39.3 Å². The van der Waals surface area contributed by atoms with E-state index in [2.05, 4.69) is 20.6 Å². The Morgan fingerprint density at radius 3 is 2.34 bits per heavy atom. The number of carbonyl (C=O) groups excluding carboxylic acids is 2. The van der Waals surface area contributed by atoms with Crippen LogP contribution in [0.25, 0.3) is 11.0 Å². The van der Waals surface area contributed by atoms with Gasteiger partial charge in [-0.3, -0.25) is 24.2 Å². The summed E-state index contributed by atoms with van der Waals surface area (Å²) < 4.78 is 1.73. The zero-order valence-corrected chi connectivity index (χ0v) is 22.9. The van der Waals surface area contributed by atoms with Gasteiger partial charge in [0.2, 0.25) is 11.9 Å². The van der Waals surface area contributed by atoms with Gasteiger partial charge < -0.3 is 41.2 Å². The number of hydrogen-bond acceptors (Lipinski definition) is 10. The minimum atomic E-state index is -1.44. The van der Waals surface area contributed by atoms with Crippen molar-refractivity contribution in [1.29, 1.82) is 0 Å². The summed E-state index contributed by atoms with van der Waals surface area (Å²) in [5.41, 5.74) is 6.45. The summed E-state index contributed by atoms with van der Waals surface area (Å²) in [5, 5.41) is 33.0. The predicted molar refractivity (Wildman–Crippen MR) is 147 cm³/mol. The first-order chi connectivity index (χ1) is 19.3. The van der Waals surface area contributed by atoms with Gasteiger partial charge in [-0.1, -0.05) is 0 Å². The summed E-state index contributed by atoms with van der Waals surface area (Å²) in [4.78, 5) is 79.4. The molecule has 0 saturated carbocycles.